The van der Waals surface area contributed by atoms with E-state index in [0.29, 0.717) is 29.0 Å². The van der Waals surface area contributed by atoms with E-state index in [1.807, 2.05) is 24.3 Å². The third kappa shape index (κ3) is 6.67. The Morgan fingerprint density at radius 3 is 2.37 bits per heavy atom. The normalized spacial score (nSPS) is 15.6. The molecule has 0 aliphatic carbocycles. The zero-order chi connectivity index (χ0) is 24.8. The Morgan fingerprint density at radius 1 is 1.06 bits per heavy atom. The molecule has 7 nitrogen and oxygen atoms in total. The first-order valence-electron chi connectivity index (χ1n) is 11.5. The Morgan fingerprint density at radius 2 is 1.74 bits per heavy atom. The second-order valence-corrected chi connectivity index (χ2v) is 10.7. The fourth-order valence-corrected chi connectivity index (χ4v) is 5.42. The van der Waals surface area contributed by atoms with E-state index in [9.17, 15) is 13.5 Å². The van der Waals surface area contributed by atoms with Gasteiger partial charge >= 0.3 is 0 Å². The number of benzene rings is 3. The topological polar surface area (TPSA) is 90.9 Å². The van der Waals surface area contributed by atoms with Gasteiger partial charge in [0.2, 0.25) is 0 Å². The molecule has 0 aromatic heterocycles. The van der Waals surface area contributed by atoms with Gasteiger partial charge in [0.25, 0.3) is 10.0 Å². The molecule has 0 unspecified atom stereocenters. The first-order chi connectivity index (χ1) is 16.8. The highest BCUT2D eigenvalue weighted by Crippen LogP contribution is 2.25. The summed E-state index contributed by atoms with van der Waals surface area (Å²) < 4.78 is 33.0. The van der Waals surface area contributed by atoms with E-state index in [1.165, 1.54) is 19.2 Å². The summed E-state index contributed by atoms with van der Waals surface area (Å²) in [7, 11) is -2.14. The van der Waals surface area contributed by atoms with Crippen molar-refractivity contribution in [1.29, 1.82) is 0 Å². The van der Waals surface area contributed by atoms with Crippen LogP contribution in [0.15, 0.2) is 77.7 Å². The molecule has 0 amide bonds. The number of nitrogens with one attached hydrogen (secondary N) is 2. The van der Waals surface area contributed by atoms with E-state index in [2.05, 4.69) is 14.9 Å². The zero-order valence-electron chi connectivity index (χ0n) is 19.5. The lowest BCUT2D eigenvalue weighted by Gasteiger charge is -2.34. The van der Waals surface area contributed by atoms with Crippen LogP contribution >= 0.6 is 11.6 Å². The van der Waals surface area contributed by atoms with Crippen LogP contribution in [0.25, 0.3) is 0 Å². The molecule has 9 heteroatoms. The summed E-state index contributed by atoms with van der Waals surface area (Å²) in [5.41, 5.74) is 2.37. The molecule has 1 aliphatic rings. The summed E-state index contributed by atoms with van der Waals surface area (Å²) in [6.07, 6.45) is 1.31. The number of nitrogens with zero attached hydrogens (tertiary/aromatic N) is 1. The lowest BCUT2D eigenvalue weighted by atomic mass is 10.0. The molecule has 0 saturated carbocycles. The fourth-order valence-electron chi connectivity index (χ4n) is 4.16. The molecular weight excluding hydrogens is 486 g/mol. The van der Waals surface area contributed by atoms with E-state index in [-0.39, 0.29) is 4.90 Å². The molecular formula is C26H30ClN3O4S. The van der Waals surface area contributed by atoms with Crippen LogP contribution in [-0.4, -0.2) is 46.3 Å². The number of sulfonamides is 1. The second-order valence-electron chi connectivity index (χ2n) is 8.57. The molecule has 1 heterocycles. The highest BCUT2D eigenvalue weighted by Gasteiger charge is 2.21. The van der Waals surface area contributed by atoms with Crippen molar-refractivity contribution in [1.82, 2.24) is 5.32 Å². The van der Waals surface area contributed by atoms with Gasteiger partial charge in [0.1, 0.15) is 5.75 Å². The number of halogens is 1. The molecule has 186 valence electrons. The summed E-state index contributed by atoms with van der Waals surface area (Å²) in [6, 6.07) is 21.3. The van der Waals surface area contributed by atoms with Crippen molar-refractivity contribution in [3.8, 4) is 5.75 Å². The highest BCUT2D eigenvalue weighted by molar-refractivity contribution is 7.92. The van der Waals surface area contributed by atoms with Crippen molar-refractivity contribution in [2.45, 2.75) is 29.9 Å². The number of hydrogen-bond acceptors (Lipinski definition) is 6. The second kappa shape index (κ2) is 11.3. The largest absolute Gasteiger partial charge is 0.497 e. The van der Waals surface area contributed by atoms with E-state index < -0.39 is 16.1 Å². The molecule has 4 rings (SSSR count). The van der Waals surface area contributed by atoms with Crippen LogP contribution < -0.4 is 19.7 Å². The summed E-state index contributed by atoms with van der Waals surface area (Å²) in [6.45, 7) is 2.23. The molecule has 3 aromatic rings. The average Bonchev–Trinajstić information content (AvgIpc) is 2.88. The maximum absolute atomic E-state index is 12.6. The number of ether oxygens (including phenoxy) is 1. The highest BCUT2D eigenvalue weighted by atomic mass is 35.5. The Balaban J connectivity index is 1.27. The van der Waals surface area contributed by atoms with Gasteiger partial charge in [-0.15, -0.1) is 0 Å². The number of aliphatic hydroxyl groups excluding tert-OH is 1. The van der Waals surface area contributed by atoms with Gasteiger partial charge in [-0.2, -0.15) is 0 Å². The molecule has 35 heavy (non-hydrogen) atoms. The SMILES string of the molecule is COc1ccc(S(=O)(=O)Nc2ccc(N3CCC(NC[C@@H](O)c4cccc(Cl)c4)CC3)cc2)cc1. The van der Waals surface area contributed by atoms with Gasteiger partial charge in [0, 0.05) is 42.1 Å². The predicted molar refractivity (Wildman–Crippen MR) is 140 cm³/mol. The van der Waals surface area contributed by atoms with E-state index in [1.54, 1.807) is 36.4 Å². The van der Waals surface area contributed by atoms with Crippen molar-refractivity contribution < 1.29 is 18.3 Å². The van der Waals surface area contributed by atoms with Gasteiger partial charge < -0.3 is 20.1 Å². The number of piperidine rings is 1. The Labute approximate surface area is 211 Å². The van der Waals surface area contributed by atoms with Crippen molar-refractivity contribution >= 4 is 33.0 Å². The van der Waals surface area contributed by atoms with Gasteiger partial charge in [-0.25, -0.2) is 8.42 Å². The van der Waals surface area contributed by atoms with Gasteiger partial charge in [-0.05, 0) is 79.1 Å². The summed E-state index contributed by atoms with van der Waals surface area (Å²) in [5.74, 6) is 0.601. The van der Waals surface area contributed by atoms with Crippen LogP contribution in [-0.2, 0) is 10.0 Å². The standard InChI is InChI=1S/C26H30ClN3O4S/c1-34-24-9-11-25(12-10-24)35(32,33)29-22-5-7-23(8-6-22)30-15-13-21(14-16-30)28-18-26(31)19-3-2-4-20(27)17-19/h2-12,17,21,26,28-29,31H,13-16,18H2,1H3/t26-/m1/s1. The third-order valence-electron chi connectivity index (χ3n) is 6.18. The van der Waals surface area contributed by atoms with E-state index in [0.717, 1.165) is 37.2 Å². The monoisotopic (exact) mass is 515 g/mol. The number of methoxy groups -OCH3 is 1. The average molecular weight is 516 g/mol. The number of aliphatic hydroxyl groups is 1. The van der Waals surface area contributed by atoms with Crippen LogP contribution in [0.2, 0.25) is 5.02 Å². The minimum absolute atomic E-state index is 0.178. The minimum atomic E-state index is -3.67. The lowest BCUT2D eigenvalue weighted by Crippen LogP contribution is -2.43. The number of hydrogen-bond donors (Lipinski definition) is 3. The first-order valence-corrected chi connectivity index (χ1v) is 13.4. The molecule has 3 aromatic carbocycles. The molecule has 1 saturated heterocycles. The predicted octanol–water partition coefficient (Wildman–Crippen LogP) is 4.44. The maximum atomic E-state index is 12.6. The minimum Gasteiger partial charge on any atom is -0.497 e. The van der Waals surface area contributed by atoms with Crippen molar-refractivity contribution in [2.75, 3.05) is 36.4 Å². The summed E-state index contributed by atoms with van der Waals surface area (Å²) in [5, 5.41) is 14.5. The van der Waals surface area contributed by atoms with Crippen molar-refractivity contribution in [3.05, 3.63) is 83.4 Å². The summed E-state index contributed by atoms with van der Waals surface area (Å²) >= 11 is 6.02. The first kappa shape index (κ1) is 25.3. The van der Waals surface area contributed by atoms with E-state index in [4.69, 9.17) is 16.3 Å². The molecule has 0 radical (unpaired) electrons. The lowest BCUT2D eigenvalue weighted by molar-refractivity contribution is 0.167. The smallest absolute Gasteiger partial charge is 0.261 e. The quantitative estimate of drug-likeness (QED) is 0.390. The molecule has 1 atom stereocenters. The fraction of sp³-hybridized carbons (Fsp3) is 0.308. The number of rotatable bonds is 9. The Hall–Kier alpha value is -2.78. The van der Waals surface area contributed by atoms with Crippen molar-refractivity contribution in [3.63, 3.8) is 0 Å². The molecule has 3 N–H and O–H groups in total. The van der Waals surface area contributed by atoms with Crippen LogP contribution in [0.4, 0.5) is 11.4 Å². The van der Waals surface area contributed by atoms with Crippen LogP contribution in [0.1, 0.15) is 24.5 Å². The number of anilines is 2. The third-order valence-corrected chi connectivity index (χ3v) is 7.81. The molecule has 0 spiro atoms. The van der Waals surface area contributed by atoms with Crippen LogP contribution in [0, 0.1) is 0 Å². The zero-order valence-corrected chi connectivity index (χ0v) is 21.1. The molecule has 1 fully saturated rings. The molecule has 0 bridgehead atoms. The molecule has 1 aliphatic heterocycles. The van der Waals surface area contributed by atoms with E-state index >= 15 is 0 Å². The van der Waals surface area contributed by atoms with Crippen LogP contribution in [0.3, 0.4) is 0 Å². The maximum Gasteiger partial charge on any atom is 0.261 e. The summed E-state index contributed by atoms with van der Waals surface area (Å²) in [4.78, 5) is 2.46. The van der Waals surface area contributed by atoms with Gasteiger partial charge in [-0.1, -0.05) is 23.7 Å². The Kier molecular flexibility index (Phi) is 8.18. The van der Waals surface area contributed by atoms with Gasteiger partial charge in [-0.3, -0.25) is 4.72 Å². The van der Waals surface area contributed by atoms with Gasteiger partial charge in [0.05, 0.1) is 18.1 Å². The van der Waals surface area contributed by atoms with Crippen LogP contribution in [0.5, 0.6) is 5.75 Å². The van der Waals surface area contributed by atoms with Crippen molar-refractivity contribution in [2.24, 2.45) is 0 Å². The van der Waals surface area contributed by atoms with Gasteiger partial charge in [0.15, 0.2) is 0 Å². The Bertz CT molecular complexity index is 1210.